The van der Waals surface area contributed by atoms with Crippen molar-refractivity contribution in [3.05, 3.63) is 29.3 Å². The van der Waals surface area contributed by atoms with Gasteiger partial charge < -0.3 is 5.32 Å². The number of nitrogens with zero attached hydrogens (tertiary/aromatic N) is 1. The summed E-state index contributed by atoms with van der Waals surface area (Å²) in [7, 11) is 0. The molecule has 1 saturated heterocycles. The van der Waals surface area contributed by atoms with E-state index in [1.165, 1.54) is 11.8 Å². The van der Waals surface area contributed by atoms with Crippen molar-refractivity contribution in [2.75, 3.05) is 0 Å². The summed E-state index contributed by atoms with van der Waals surface area (Å²) >= 11 is 7.47. The second kappa shape index (κ2) is 4.70. The Balaban J connectivity index is 2.27. The second-order valence-electron chi connectivity index (χ2n) is 4.01. The van der Waals surface area contributed by atoms with Crippen LogP contribution in [0.5, 0.6) is 0 Å². The van der Waals surface area contributed by atoms with Gasteiger partial charge in [-0.1, -0.05) is 42.4 Å². The van der Waals surface area contributed by atoms with Gasteiger partial charge in [0.25, 0.3) is 0 Å². The van der Waals surface area contributed by atoms with Crippen LogP contribution < -0.4 is 5.32 Å². The highest BCUT2D eigenvalue weighted by molar-refractivity contribution is 8.16. The van der Waals surface area contributed by atoms with Gasteiger partial charge in [-0.2, -0.15) is 0 Å². The van der Waals surface area contributed by atoms with Gasteiger partial charge in [-0.3, -0.25) is 4.79 Å². The SMILES string of the molecule is CC[C@@]1(C)SC(=Nc2ccccc2Cl)NC1=O. The Morgan fingerprint density at radius 1 is 1.47 bits per heavy atom. The van der Waals surface area contributed by atoms with Crippen molar-refractivity contribution in [3.63, 3.8) is 0 Å². The van der Waals surface area contributed by atoms with Crippen molar-refractivity contribution in [2.45, 2.75) is 25.0 Å². The number of nitrogens with one attached hydrogen (secondary N) is 1. The van der Waals surface area contributed by atoms with Gasteiger partial charge >= 0.3 is 0 Å². The number of amidine groups is 1. The molecule has 1 aliphatic rings. The molecule has 0 aliphatic carbocycles. The fraction of sp³-hybridized carbons (Fsp3) is 0.333. The van der Waals surface area contributed by atoms with E-state index in [0.717, 1.165) is 6.42 Å². The number of para-hydroxylation sites is 1. The highest BCUT2D eigenvalue weighted by Crippen LogP contribution is 2.36. The fourth-order valence-electron chi connectivity index (χ4n) is 1.45. The molecule has 17 heavy (non-hydrogen) atoms. The second-order valence-corrected chi connectivity index (χ2v) is 5.91. The maximum absolute atomic E-state index is 11.8. The minimum atomic E-state index is -0.417. The average Bonchev–Trinajstić information content (AvgIpc) is 2.59. The van der Waals surface area contributed by atoms with Gasteiger partial charge in [0.15, 0.2) is 5.17 Å². The molecule has 1 aromatic rings. The zero-order valence-electron chi connectivity index (χ0n) is 9.66. The molecule has 3 nitrogen and oxygen atoms in total. The third-order valence-corrected chi connectivity index (χ3v) is 4.40. The first-order chi connectivity index (χ1) is 8.05. The topological polar surface area (TPSA) is 41.5 Å². The largest absolute Gasteiger partial charge is 0.304 e. The van der Waals surface area contributed by atoms with E-state index in [4.69, 9.17) is 11.6 Å². The third-order valence-electron chi connectivity index (χ3n) is 2.77. The van der Waals surface area contributed by atoms with Crippen LogP contribution in [0.15, 0.2) is 29.3 Å². The molecule has 5 heteroatoms. The molecule has 1 N–H and O–H groups in total. The highest BCUT2D eigenvalue weighted by atomic mass is 35.5. The first-order valence-electron chi connectivity index (χ1n) is 5.39. The molecule has 1 atom stereocenters. The van der Waals surface area contributed by atoms with E-state index in [-0.39, 0.29) is 5.91 Å². The fourth-order valence-corrected chi connectivity index (χ4v) is 2.63. The van der Waals surface area contributed by atoms with Crippen LogP contribution in [0.3, 0.4) is 0 Å². The van der Waals surface area contributed by atoms with Crippen LogP contribution in [0.1, 0.15) is 20.3 Å². The van der Waals surface area contributed by atoms with Gasteiger partial charge in [-0.25, -0.2) is 4.99 Å². The number of hydrogen-bond donors (Lipinski definition) is 1. The molecule has 1 aliphatic heterocycles. The van der Waals surface area contributed by atoms with Crippen LogP contribution in [-0.2, 0) is 4.79 Å². The number of halogens is 1. The van der Waals surface area contributed by atoms with Crippen LogP contribution in [0, 0.1) is 0 Å². The number of rotatable bonds is 2. The summed E-state index contributed by atoms with van der Waals surface area (Å²) < 4.78 is -0.417. The molecule has 0 radical (unpaired) electrons. The number of aliphatic imine (C=N–C) groups is 1. The highest BCUT2D eigenvalue weighted by Gasteiger charge is 2.40. The van der Waals surface area contributed by atoms with Crippen LogP contribution in [0.25, 0.3) is 0 Å². The van der Waals surface area contributed by atoms with Gasteiger partial charge in [0, 0.05) is 0 Å². The molecular weight excluding hydrogens is 256 g/mol. The van der Waals surface area contributed by atoms with Crippen LogP contribution in [0.4, 0.5) is 5.69 Å². The van der Waals surface area contributed by atoms with Gasteiger partial charge in [0.2, 0.25) is 5.91 Å². The van der Waals surface area contributed by atoms with Crippen molar-refractivity contribution in [3.8, 4) is 0 Å². The van der Waals surface area contributed by atoms with E-state index in [1.807, 2.05) is 32.0 Å². The van der Waals surface area contributed by atoms with E-state index >= 15 is 0 Å². The predicted molar refractivity (Wildman–Crippen MR) is 73.0 cm³/mol. The number of carbonyl (C=O) groups excluding carboxylic acids is 1. The van der Waals surface area contributed by atoms with E-state index in [9.17, 15) is 4.79 Å². The molecule has 1 fully saturated rings. The van der Waals surface area contributed by atoms with Crippen molar-refractivity contribution < 1.29 is 4.79 Å². The predicted octanol–water partition coefficient (Wildman–Crippen LogP) is 3.36. The molecule has 2 rings (SSSR count). The maximum Gasteiger partial charge on any atom is 0.242 e. The number of amides is 1. The molecule has 1 heterocycles. The molecule has 0 saturated carbocycles. The molecule has 0 unspecified atom stereocenters. The third kappa shape index (κ3) is 2.48. The number of carbonyl (C=O) groups is 1. The van der Waals surface area contributed by atoms with Crippen molar-refractivity contribution in [1.82, 2.24) is 5.32 Å². The molecule has 1 amide bonds. The Hall–Kier alpha value is -1.00. The van der Waals surface area contributed by atoms with Crippen LogP contribution in [-0.4, -0.2) is 15.8 Å². The van der Waals surface area contributed by atoms with Gasteiger partial charge in [-0.05, 0) is 25.5 Å². The van der Waals surface area contributed by atoms with Crippen molar-refractivity contribution >= 4 is 40.1 Å². The molecular formula is C12H13ClN2OS. The van der Waals surface area contributed by atoms with Crippen LogP contribution in [0.2, 0.25) is 5.02 Å². The lowest BCUT2D eigenvalue weighted by Gasteiger charge is -2.14. The number of benzene rings is 1. The van der Waals surface area contributed by atoms with Crippen LogP contribution >= 0.6 is 23.4 Å². The Labute approximate surface area is 110 Å². The van der Waals surface area contributed by atoms with Gasteiger partial charge in [-0.15, -0.1) is 0 Å². The minimum Gasteiger partial charge on any atom is -0.304 e. The zero-order chi connectivity index (χ0) is 12.5. The van der Waals surface area contributed by atoms with E-state index in [2.05, 4.69) is 10.3 Å². The summed E-state index contributed by atoms with van der Waals surface area (Å²) in [6.07, 6.45) is 0.769. The lowest BCUT2D eigenvalue weighted by molar-refractivity contribution is -0.121. The van der Waals surface area contributed by atoms with E-state index in [1.54, 1.807) is 6.07 Å². The zero-order valence-corrected chi connectivity index (χ0v) is 11.2. The molecule has 0 aromatic heterocycles. The maximum atomic E-state index is 11.8. The summed E-state index contributed by atoms with van der Waals surface area (Å²) in [6.45, 7) is 3.91. The average molecular weight is 269 g/mol. The van der Waals surface area contributed by atoms with Crippen molar-refractivity contribution in [1.29, 1.82) is 0 Å². The lowest BCUT2D eigenvalue weighted by atomic mass is 10.1. The Morgan fingerprint density at radius 2 is 2.18 bits per heavy atom. The normalized spacial score (nSPS) is 26.3. The van der Waals surface area contributed by atoms with Gasteiger partial charge in [0.05, 0.1) is 15.5 Å². The van der Waals surface area contributed by atoms with Crippen molar-refractivity contribution in [2.24, 2.45) is 4.99 Å². The quantitative estimate of drug-likeness (QED) is 0.894. The number of thioether (sulfide) groups is 1. The molecule has 90 valence electrons. The first-order valence-corrected chi connectivity index (χ1v) is 6.58. The molecule has 0 bridgehead atoms. The summed E-state index contributed by atoms with van der Waals surface area (Å²) in [6, 6.07) is 7.32. The Morgan fingerprint density at radius 3 is 2.76 bits per heavy atom. The summed E-state index contributed by atoms with van der Waals surface area (Å²) in [4.78, 5) is 16.1. The lowest BCUT2D eigenvalue weighted by Crippen LogP contribution is -2.32. The summed E-state index contributed by atoms with van der Waals surface area (Å²) in [5, 5.41) is 3.99. The Bertz CT molecular complexity index is 489. The van der Waals surface area contributed by atoms with E-state index < -0.39 is 4.75 Å². The number of hydrogen-bond acceptors (Lipinski definition) is 3. The minimum absolute atomic E-state index is 0.0100. The first kappa shape index (κ1) is 12.5. The standard InChI is InChI=1S/C12H13ClN2OS/c1-3-12(2)10(16)15-11(17-12)14-9-7-5-4-6-8(9)13/h4-7H,3H2,1-2H3,(H,14,15,16)/t12-/m1/s1. The van der Waals surface area contributed by atoms with Gasteiger partial charge in [0.1, 0.15) is 0 Å². The van der Waals surface area contributed by atoms with E-state index in [0.29, 0.717) is 15.9 Å². The monoisotopic (exact) mass is 268 g/mol. The molecule has 0 spiro atoms. The molecule has 1 aromatic carbocycles. The Kier molecular flexibility index (Phi) is 3.45. The smallest absolute Gasteiger partial charge is 0.242 e. The summed E-state index contributed by atoms with van der Waals surface area (Å²) in [5.41, 5.74) is 0.678. The summed E-state index contributed by atoms with van der Waals surface area (Å²) in [5.74, 6) is 0.0100.